The van der Waals surface area contributed by atoms with E-state index >= 15 is 0 Å². The van der Waals surface area contributed by atoms with E-state index in [1.165, 1.54) is 0 Å². The minimum absolute atomic E-state index is 0.237. The van der Waals surface area contributed by atoms with Crippen molar-refractivity contribution in [2.45, 2.75) is 25.6 Å². The van der Waals surface area contributed by atoms with Crippen LogP contribution in [-0.4, -0.2) is 61.5 Å². The Morgan fingerprint density at radius 1 is 1.67 bits per heavy atom. The Morgan fingerprint density at radius 3 is 2.87 bits per heavy atom. The topological polar surface area (TPSA) is 59.0 Å². The van der Waals surface area contributed by atoms with Crippen LogP contribution in [0.2, 0.25) is 0 Å². The Balaban J connectivity index is 2.35. The van der Waals surface area contributed by atoms with Gasteiger partial charge in [-0.15, -0.1) is 0 Å². The van der Waals surface area contributed by atoms with Crippen LogP contribution < -0.4 is 0 Å². The Bertz CT molecular complexity index is 210. The second-order valence-corrected chi connectivity index (χ2v) is 3.69. The molecule has 5 heteroatoms. The van der Waals surface area contributed by atoms with Crippen LogP contribution in [0.25, 0.3) is 0 Å². The normalized spacial score (nSPS) is 24.3. The second-order valence-electron chi connectivity index (χ2n) is 3.69. The molecule has 0 aliphatic carbocycles. The van der Waals surface area contributed by atoms with Crippen LogP contribution in [0.4, 0.5) is 0 Å². The number of carboxylic acids is 1. The minimum atomic E-state index is -0.891. The van der Waals surface area contributed by atoms with Crippen LogP contribution >= 0.6 is 0 Å². The molecule has 1 rings (SSSR count). The summed E-state index contributed by atoms with van der Waals surface area (Å²) < 4.78 is 10.4. The Kier molecular flexibility index (Phi) is 5.01. The van der Waals surface area contributed by atoms with Crippen molar-refractivity contribution in [3.05, 3.63) is 0 Å². The lowest BCUT2D eigenvalue weighted by atomic mass is 10.3. The third kappa shape index (κ3) is 3.77. The Morgan fingerprint density at radius 2 is 2.40 bits per heavy atom. The van der Waals surface area contributed by atoms with E-state index in [1.807, 2.05) is 0 Å². The number of rotatable bonds is 6. The molecule has 2 atom stereocenters. The van der Waals surface area contributed by atoms with E-state index in [2.05, 4.69) is 4.90 Å². The van der Waals surface area contributed by atoms with E-state index in [9.17, 15) is 4.79 Å². The molecule has 15 heavy (non-hydrogen) atoms. The highest BCUT2D eigenvalue weighted by Gasteiger charge is 2.27. The Labute approximate surface area is 90.0 Å². The fourth-order valence-corrected chi connectivity index (χ4v) is 1.79. The van der Waals surface area contributed by atoms with E-state index in [1.54, 1.807) is 14.0 Å². The van der Waals surface area contributed by atoms with Crippen molar-refractivity contribution in [3.63, 3.8) is 0 Å². The number of aliphatic carboxylic acids is 1. The van der Waals surface area contributed by atoms with E-state index in [4.69, 9.17) is 14.6 Å². The van der Waals surface area contributed by atoms with Crippen molar-refractivity contribution in [2.75, 3.05) is 33.4 Å². The van der Waals surface area contributed by atoms with Gasteiger partial charge in [0, 0.05) is 33.4 Å². The molecule has 1 aliphatic heterocycles. The molecule has 2 unspecified atom stereocenters. The number of likely N-dealkylation sites (tertiary alicyclic amines) is 1. The summed E-state index contributed by atoms with van der Waals surface area (Å²) in [6.07, 6.45) is 0.487. The van der Waals surface area contributed by atoms with Crippen molar-refractivity contribution in [3.8, 4) is 0 Å². The standard InChI is InChI=1S/C10H19NO4/c1-3-15-9(10(12)13)7-11-5-4-8(6-11)14-2/h8-9H,3-7H2,1-2H3,(H,12,13). The molecule has 1 saturated heterocycles. The first-order valence-electron chi connectivity index (χ1n) is 5.27. The molecule has 0 aromatic rings. The minimum Gasteiger partial charge on any atom is -0.479 e. The molecule has 0 amide bonds. The largest absolute Gasteiger partial charge is 0.479 e. The number of carbonyl (C=O) groups is 1. The molecular formula is C10H19NO4. The number of methoxy groups -OCH3 is 1. The smallest absolute Gasteiger partial charge is 0.334 e. The van der Waals surface area contributed by atoms with Crippen molar-refractivity contribution in [1.29, 1.82) is 0 Å². The van der Waals surface area contributed by atoms with Gasteiger partial charge in [0.25, 0.3) is 0 Å². The lowest BCUT2D eigenvalue weighted by molar-refractivity contribution is -0.151. The number of carboxylic acid groups (broad SMARTS) is 1. The van der Waals surface area contributed by atoms with E-state index in [0.717, 1.165) is 19.5 Å². The molecule has 0 saturated carbocycles. The van der Waals surface area contributed by atoms with Gasteiger partial charge in [-0.05, 0) is 13.3 Å². The quantitative estimate of drug-likeness (QED) is 0.688. The summed E-state index contributed by atoms with van der Waals surface area (Å²) in [5, 5.41) is 8.90. The molecule has 0 radical (unpaired) electrons. The predicted octanol–water partition coefficient (Wildman–Crippen LogP) is 0.197. The van der Waals surface area contributed by atoms with Gasteiger partial charge in [0.1, 0.15) is 0 Å². The van der Waals surface area contributed by atoms with Crippen LogP contribution in [0.1, 0.15) is 13.3 Å². The maximum absolute atomic E-state index is 10.8. The molecule has 1 N–H and O–H groups in total. The maximum atomic E-state index is 10.8. The summed E-state index contributed by atoms with van der Waals surface area (Å²) in [6.45, 7) is 4.36. The molecule has 1 heterocycles. The number of nitrogens with zero attached hydrogens (tertiary/aromatic N) is 1. The highest BCUT2D eigenvalue weighted by molar-refractivity contribution is 5.72. The molecule has 0 aromatic carbocycles. The van der Waals surface area contributed by atoms with E-state index in [-0.39, 0.29) is 6.10 Å². The highest BCUT2D eigenvalue weighted by atomic mass is 16.5. The van der Waals surface area contributed by atoms with Gasteiger partial charge >= 0.3 is 5.97 Å². The summed E-state index contributed by atoms with van der Waals surface area (Å²) in [6, 6.07) is 0. The first-order valence-corrected chi connectivity index (χ1v) is 5.27. The molecule has 1 fully saturated rings. The summed E-state index contributed by atoms with van der Waals surface area (Å²) in [4.78, 5) is 12.9. The zero-order valence-corrected chi connectivity index (χ0v) is 9.31. The van der Waals surface area contributed by atoms with Crippen LogP contribution in [0.15, 0.2) is 0 Å². The Hall–Kier alpha value is -0.650. The van der Waals surface area contributed by atoms with E-state index in [0.29, 0.717) is 13.2 Å². The van der Waals surface area contributed by atoms with Gasteiger partial charge in [-0.2, -0.15) is 0 Å². The first-order chi connectivity index (χ1) is 7.17. The molecule has 0 bridgehead atoms. The van der Waals surface area contributed by atoms with Gasteiger partial charge in [0.05, 0.1) is 6.10 Å². The fourth-order valence-electron chi connectivity index (χ4n) is 1.79. The summed E-state index contributed by atoms with van der Waals surface area (Å²) >= 11 is 0. The van der Waals surface area contributed by atoms with Crippen molar-refractivity contribution >= 4 is 5.97 Å². The van der Waals surface area contributed by atoms with Gasteiger partial charge in [-0.25, -0.2) is 4.79 Å². The molecule has 1 aliphatic rings. The average molecular weight is 217 g/mol. The molecule has 0 spiro atoms. The van der Waals surface area contributed by atoms with Gasteiger partial charge < -0.3 is 14.6 Å². The zero-order valence-electron chi connectivity index (χ0n) is 9.31. The fraction of sp³-hybridized carbons (Fsp3) is 0.900. The zero-order chi connectivity index (χ0) is 11.3. The van der Waals surface area contributed by atoms with Crippen LogP contribution in [0.3, 0.4) is 0 Å². The SMILES string of the molecule is CCOC(CN1CCC(OC)C1)C(=O)O. The van der Waals surface area contributed by atoms with E-state index < -0.39 is 12.1 Å². The first kappa shape index (κ1) is 12.4. The van der Waals surface area contributed by atoms with Gasteiger partial charge in [0.2, 0.25) is 0 Å². The number of ether oxygens (including phenoxy) is 2. The van der Waals surface area contributed by atoms with Gasteiger partial charge in [0.15, 0.2) is 6.10 Å². The van der Waals surface area contributed by atoms with Gasteiger partial charge in [-0.1, -0.05) is 0 Å². The summed E-state index contributed by atoms with van der Waals surface area (Å²) in [5.41, 5.74) is 0. The van der Waals surface area contributed by atoms with Crippen molar-refractivity contribution < 1.29 is 19.4 Å². The highest BCUT2D eigenvalue weighted by Crippen LogP contribution is 2.12. The molecule has 88 valence electrons. The van der Waals surface area contributed by atoms with Crippen LogP contribution in [-0.2, 0) is 14.3 Å². The van der Waals surface area contributed by atoms with Gasteiger partial charge in [-0.3, -0.25) is 4.90 Å². The summed E-state index contributed by atoms with van der Waals surface area (Å²) in [5.74, 6) is -0.891. The van der Waals surface area contributed by atoms with Crippen LogP contribution in [0, 0.1) is 0 Å². The second kappa shape index (κ2) is 6.05. The lowest BCUT2D eigenvalue weighted by Gasteiger charge is -2.20. The third-order valence-corrected chi connectivity index (χ3v) is 2.63. The lowest BCUT2D eigenvalue weighted by Crippen LogP contribution is -2.38. The van der Waals surface area contributed by atoms with Crippen molar-refractivity contribution in [1.82, 2.24) is 4.90 Å². The van der Waals surface area contributed by atoms with Crippen LogP contribution in [0.5, 0.6) is 0 Å². The summed E-state index contributed by atoms with van der Waals surface area (Å²) in [7, 11) is 1.69. The molecular weight excluding hydrogens is 198 g/mol. The monoisotopic (exact) mass is 217 g/mol. The number of hydrogen-bond acceptors (Lipinski definition) is 4. The number of hydrogen-bond donors (Lipinski definition) is 1. The maximum Gasteiger partial charge on any atom is 0.334 e. The third-order valence-electron chi connectivity index (χ3n) is 2.63. The predicted molar refractivity (Wildman–Crippen MR) is 54.9 cm³/mol. The molecule has 5 nitrogen and oxygen atoms in total. The average Bonchev–Trinajstić information content (AvgIpc) is 2.65. The molecule has 0 aromatic heterocycles. The van der Waals surface area contributed by atoms with Crippen molar-refractivity contribution in [2.24, 2.45) is 0 Å².